The van der Waals surface area contributed by atoms with Crippen LogP contribution in [-0.2, 0) is 6.42 Å². The Hall–Kier alpha value is -2.29. The van der Waals surface area contributed by atoms with Crippen LogP contribution in [0.5, 0.6) is 0 Å². The molecule has 27 heavy (non-hydrogen) atoms. The maximum Gasteiger partial charge on any atom is 0.198 e. The summed E-state index contributed by atoms with van der Waals surface area (Å²) in [5.41, 5.74) is 2.53. The van der Waals surface area contributed by atoms with Crippen LogP contribution in [0.3, 0.4) is 0 Å². The lowest BCUT2D eigenvalue weighted by Crippen LogP contribution is -2.44. The van der Waals surface area contributed by atoms with Crippen molar-refractivity contribution in [3.63, 3.8) is 0 Å². The maximum absolute atomic E-state index is 4.90. The lowest BCUT2D eigenvalue weighted by molar-refractivity contribution is 0.218. The number of rotatable bonds is 5. The summed E-state index contributed by atoms with van der Waals surface area (Å²) < 4.78 is 0. The highest BCUT2D eigenvalue weighted by Gasteiger charge is 2.31. The molecule has 1 atom stereocenters. The molecule has 0 amide bonds. The molecule has 0 aromatic heterocycles. The first-order valence-electron chi connectivity index (χ1n) is 10.4. The summed E-state index contributed by atoms with van der Waals surface area (Å²) in [5, 5.41) is 3.58. The number of nitrogens with zero attached hydrogens (tertiary/aromatic N) is 2. The maximum atomic E-state index is 4.90. The smallest absolute Gasteiger partial charge is 0.198 e. The van der Waals surface area contributed by atoms with Crippen LogP contribution in [0.2, 0.25) is 0 Å². The molecule has 1 heterocycles. The molecule has 2 aromatic carbocycles. The number of anilines is 1. The number of hydrogen-bond donors (Lipinski definition) is 1. The molecule has 4 rings (SSSR count). The van der Waals surface area contributed by atoms with Crippen LogP contribution in [0.1, 0.15) is 38.2 Å². The molecule has 2 aliphatic rings. The molecule has 0 unspecified atom stereocenters. The zero-order valence-corrected chi connectivity index (χ0v) is 16.3. The predicted octanol–water partition coefficient (Wildman–Crippen LogP) is 5.21. The van der Waals surface area contributed by atoms with Gasteiger partial charge in [-0.15, -0.1) is 0 Å². The molecule has 3 heteroatoms. The minimum atomic E-state index is 0.456. The zero-order valence-electron chi connectivity index (χ0n) is 16.3. The molecule has 1 aliphatic heterocycles. The van der Waals surface area contributed by atoms with Gasteiger partial charge in [0.15, 0.2) is 5.96 Å². The standard InChI is InChI=1S/C24H31N3/c1-19-12-14-21(15-13-19)18-27-23(16-20-8-4-2-5-9-20)17-25-24(27)26-22-10-6-3-7-11-22/h2-11,19,21,23H,12-18H2,1H3,(H,25,26)/t19?,21?,23-/m0/s1. The predicted molar refractivity (Wildman–Crippen MR) is 114 cm³/mol. The van der Waals surface area contributed by atoms with E-state index >= 15 is 0 Å². The Bertz CT molecular complexity index is 733. The van der Waals surface area contributed by atoms with Crippen molar-refractivity contribution in [1.29, 1.82) is 0 Å². The van der Waals surface area contributed by atoms with Crippen molar-refractivity contribution in [2.75, 3.05) is 18.4 Å². The number of hydrogen-bond acceptors (Lipinski definition) is 3. The molecule has 0 saturated heterocycles. The number of guanidine groups is 1. The van der Waals surface area contributed by atoms with E-state index in [1.54, 1.807) is 0 Å². The van der Waals surface area contributed by atoms with Crippen LogP contribution in [0, 0.1) is 11.8 Å². The fourth-order valence-corrected chi connectivity index (χ4v) is 4.40. The van der Waals surface area contributed by atoms with Gasteiger partial charge in [-0.05, 0) is 48.8 Å². The topological polar surface area (TPSA) is 27.6 Å². The van der Waals surface area contributed by atoms with E-state index in [2.05, 4.69) is 77.8 Å². The molecule has 0 radical (unpaired) electrons. The van der Waals surface area contributed by atoms with E-state index < -0.39 is 0 Å². The van der Waals surface area contributed by atoms with Crippen LogP contribution < -0.4 is 5.32 Å². The van der Waals surface area contributed by atoms with Crippen molar-refractivity contribution in [1.82, 2.24) is 4.90 Å². The average molecular weight is 362 g/mol. The van der Waals surface area contributed by atoms with Crippen LogP contribution >= 0.6 is 0 Å². The number of para-hydroxylation sites is 1. The van der Waals surface area contributed by atoms with E-state index in [1.165, 1.54) is 31.2 Å². The van der Waals surface area contributed by atoms with Crippen LogP contribution in [0.4, 0.5) is 5.69 Å². The lowest BCUT2D eigenvalue weighted by Gasteiger charge is -2.34. The van der Waals surface area contributed by atoms with Gasteiger partial charge in [0.2, 0.25) is 0 Å². The summed E-state index contributed by atoms with van der Waals surface area (Å²) in [5.74, 6) is 2.75. The van der Waals surface area contributed by atoms with E-state index in [0.717, 1.165) is 43.0 Å². The van der Waals surface area contributed by atoms with Crippen molar-refractivity contribution in [2.45, 2.75) is 45.1 Å². The largest absolute Gasteiger partial charge is 0.337 e. The Morgan fingerprint density at radius 2 is 1.59 bits per heavy atom. The van der Waals surface area contributed by atoms with Crippen molar-refractivity contribution in [2.24, 2.45) is 16.8 Å². The first-order chi connectivity index (χ1) is 13.3. The van der Waals surface area contributed by atoms with E-state index in [1.807, 2.05) is 0 Å². The van der Waals surface area contributed by atoms with Gasteiger partial charge in [-0.25, -0.2) is 0 Å². The highest BCUT2D eigenvalue weighted by molar-refractivity contribution is 5.95. The summed E-state index contributed by atoms with van der Waals surface area (Å²) in [4.78, 5) is 7.46. The molecule has 1 N–H and O–H groups in total. The molecule has 1 fully saturated rings. The van der Waals surface area contributed by atoms with E-state index in [9.17, 15) is 0 Å². The molecule has 2 aromatic rings. The van der Waals surface area contributed by atoms with Gasteiger partial charge in [0.1, 0.15) is 0 Å². The van der Waals surface area contributed by atoms with E-state index in [4.69, 9.17) is 4.99 Å². The van der Waals surface area contributed by atoms with E-state index in [0.29, 0.717) is 6.04 Å². The first kappa shape index (κ1) is 18.1. The summed E-state index contributed by atoms with van der Waals surface area (Å²) in [6.07, 6.45) is 6.52. The molecule has 3 nitrogen and oxygen atoms in total. The van der Waals surface area contributed by atoms with Crippen molar-refractivity contribution >= 4 is 11.6 Å². The Labute approximate surface area is 163 Å². The van der Waals surface area contributed by atoms with Crippen LogP contribution in [-0.4, -0.2) is 30.0 Å². The lowest BCUT2D eigenvalue weighted by atomic mass is 9.82. The fourth-order valence-electron chi connectivity index (χ4n) is 4.40. The molecule has 1 saturated carbocycles. The van der Waals surface area contributed by atoms with Crippen LogP contribution in [0.15, 0.2) is 65.7 Å². The molecular formula is C24H31N3. The van der Waals surface area contributed by atoms with Gasteiger partial charge in [0, 0.05) is 12.2 Å². The molecular weight excluding hydrogens is 330 g/mol. The normalized spacial score (nSPS) is 25.3. The van der Waals surface area contributed by atoms with Crippen LogP contribution in [0.25, 0.3) is 0 Å². The average Bonchev–Trinajstić information content (AvgIpc) is 3.06. The molecule has 0 spiro atoms. The molecule has 0 bridgehead atoms. The Kier molecular flexibility index (Phi) is 5.76. The Morgan fingerprint density at radius 1 is 0.926 bits per heavy atom. The van der Waals surface area contributed by atoms with Gasteiger partial charge in [-0.1, -0.05) is 68.3 Å². The number of benzene rings is 2. The third kappa shape index (κ3) is 4.71. The SMILES string of the molecule is CC1CCC(CN2C(Nc3ccccc3)=NC[C@@H]2Cc2ccccc2)CC1. The summed E-state index contributed by atoms with van der Waals surface area (Å²) in [6.45, 7) is 4.41. The summed E-state index contributed by atoms with van der Waals surface area (Å²) in [6, 6.07) is 21.8. The fraction of sp³-hybridized carbons (Fsp3) is 0.458. The number of nitrogens with one attached hydrogen (secondary N) is 1. The minimum absolute atomic E-state index is 0.456. The van der Waals surface area contributed by atoms with Gasteiger partial charge in [-0.2, -0.15) is 0 Å². The first-order valence-corrected chi connectivity index (χ1v) is 10.4. The quantitative estimate of drug-likeness (QED) is 0.792. The second kappa shape index (κ2) is 8.60. The van der Waals surface area contributed by atoms with Crippen molar-refractivity contribution in [3.8, 4) is 0 Å². The third-order valence-corrected chi connectivity index (χ3v) is 6.10. The Morgan fingerprint density at radius 3 is 2.30 bits per heavy atom. The van der Waals surface area contributed by atoms with Crippen molar-refractivity contribution in [3.05, 3.63) is 66.2 Å². The molecule has 142 valence electrons. The minimum Gasteiger partial charge on any atom is -0.337 e. The number of aliphatic imine (C=N–C) groups is 1. The summed E-state index contributed by atoms with van der Waals surface area (Å²) in [7, 11) is 0. The van der Waals surface area contributed by atoms with E-state index in [-0.39, 0.29) is 0 Å². The van der Waals surface area contributed by atoms with Gasteiger partial charge in [0.25, 0.3) is 0 Å². The van der Waals surface area contributed by atoms with Gasteiger partial charge >= 0.3 is 0 Å². The van der Waals surface area contributed by atoms with Crippen molar-refractivity contribution < 1.29 is 0 Å². The molecule has 1 aliphatic carbocycles. The van der Waals surface area contributed by atoms with Gasteiger partial charge < -0.3 is 10.2 Å². The van der Waals surface area contributed by atoms with Gasteiger partial charge in [-0.3, -0.25) is 4.99 Å². The third-order valence-electron chi connectivity index (χ3n) is 6.10. The highest BCUT2D eigenvalue weighted by atomic mass is 15.4. The highest BCUT2D eigenvalue weighted by Crippen LogP contribution is 2.30. The van der Waals surface area contributed by atoms with Gasteiger partial charge in [0.05, 0.1) is 12.6 Å². The summed E-state index contributed by atoms with van der Waals surface area (Å²) >= 11 is 0. The Balaban J connectivity index is 1.47. The second-order valence-corrected chi connectivity index (χ2v) is 8.28. The monoisotopic (exact) mass is 361 g/mol. The second-order valence-electron chi connectivity index (χ2n) is 8.28. The zero-order chi connectivity index (χ0) is 18.5.